The molecule has 3 N–H and O–H groups in total. The van der Waals surface area contributed by atoms with Crippen molar-refractivity contribution in [3.63, 3.8) is 0 Å². The number of hydrogen-bond donors (Lipinski definition) is 3. The number of nitrogens with one attached hydrogen (secondary N) is 3. The molecular formula is C20H25N3O. The third kappa shape index (κ3) is 4.07. The fourth-order valence-electron chi connectivity index (χ4n) is 3.02. The smallest absolute Gasteiger partial charge is 0.319 e. The molecule has 0 fully saturated rings. The standard InChI is InChI=1S/C20H25N3O/c1-20(2,3)23-19(24)21-16-10-12-18-15(13-16)9-11-17(22-18)14-7-5-4-6-8-14/h4-8,10,12-13,17,22H,9,11H2,1-3H3,(H2,21,23,24). The molecule has 126 valence electrons. The maximum absolute atomic E-state index is 12.0. The average Bonchev–Trinajstić information content (AvgIpc) is 2.53. The van der Waals surface area contributed by atoms with Crippen LogP contribution in [0, 0.1) is 0 Å². The van der Waals surface area contributed by atoms with Crippen LogP contribution >= 0.6 is 0 Å². The van der Waals surface area contributed by atoms with Gasteiger partial charge in [0, 0.05) is 16.9 Å². The fourth-order valence-corrected chi connectivity index (χ4v) is 3.02. The summed E-state index contributed by atoms with van der Waals surface area (Å²) >= 11 is 0. The summed E-state index contributed by atoms with van der Waals surface area (Å²) in [5.74, 6) is 0. The lowest BCUT2D eigenvalue weighted by Crippen LogP contribution is -2.43. The van der Waals surface area contributed by atoms with Gasteiger partial charge in [0.1, 0.15) is 0 Å². The first-order valence-electron chi connectivity index (χ1n) is 8.44. The van der Waals surface area contributed by atoms with Gasteiger partial charge in [0.05, 0.1) is 6.04 Å². The van der Waals surface area contributed by atoms with Crippen molar-refractivity contribution in [3.05, 3.63) is 59.7 Å². The molecule has 0 radical (unpaired) electrons. The molecule has 0 aromatic heterocycles. The number of aryl methyl sites for hydroxylation is 1. The predicted molar refractivity (Wildman–Crippen MR) is 99.5 cm³/mol. The Morgan fingerprint density at radius 3 is 2.58 bits per heavy atom. The number of hydrogen-bond acceptors (Lipinski definition) is 2. The molecule has 0 saturated heterocycles. The van der Waals surface area contributed by atoms with Gasteiger partial charge in [-0.05, 0) is 62.9 Å². The number of carbonyl (C=O) groups is 1. The van der Waals surface area contributed by atoms with E-state index in [-0.39, 0.29) is 11.6 Å². The lowest BCUT2D eigenvalue weighted by Gasteiger charge is -2.28. The molecule has 0 bridgehead atoms. The lowest BCUT2D eigenvalue weighted by atomic mass is 9.93. The minimum Gasteiger partial charge on any atom is -0.378 e. The van der Waals surface area contributed by atoms with Crippen molar-refractivity contribution in [2.75, 3.05) is 10.6 Å². The number of amides is 2. The van der Waals surface area contributed by atoms with Gasteiger partial charge in [0.2, 0.25) is 0 Å². The molecule has 24 heavy (non-hydrogen) atoms. The Morgan fingerprint density at radius 2 is 1.88 bits per heavy atom. The van der Waals surface area contributed by atoms with Gasteiger partial charge < -0.3 is 16.0 Å². The van der Waals surface area contributed by atoms with Crippen molar-refractivity contribution in [2.45, 2.75) is 45.2 Å². The SMILES string of the molecule is CC(C)(C)NC(=O)Nc1ccc2c(c1)CCC(c1ccccc1)N2. The Balaban J connectivity index is 1.69. The summed E-state index contributed by atoms with van der Waals surface area (Å²) in [5.41, 5.74) is 4.29. The normalized spacial score (nSPS) is 16.7. The maximum atomic E-state index is 12.0. The number of carbonyl (C=O) groups excluding carboxylic acids is 1. The molecule has 1 unspecified atom stereocenters. The Bertz CT molecular complexity index is 719. The van der Waals surface area contributed by atoms with E-state index in [9.17, 15) is 4.79 Å². The molecule has 0 aliphatic carbocycles. The van der Waals surface area contributed by atoms with E-state index in [1.165, 1.54) is 11.1 Å². The molecule has 4 nitrogen and oxygen atoms in total. The largest absolute Gasteiger partial charge is 0.378 e. The van der Waals surface area contributed by atoms with E-state index < -0.39 is 0 Å². The second-order valence-electron chi connectivity index (χ2n) is 7.35. The molecule has 0 spiro atoms. The maximum Gasteiger partial charge on any atom is 0.319 e. The van der Waals surface area contributed by atoms with E-state index in [0.717, 1.165) is 24.2 Å². The molecule has 0 saturated carbocycles. The molecule has 1 aliphatic heterocycles. The van der Waals surface area contributed by atoms with Crippen molar-refractivity contribution in [2.24, 2.45) is 0 Å². The van der Waals surface area contributed by atoms with Gasteiger partial charge in [-0.3, -0.25) is 0 Å². The average molecular weight is 323 g/mol. The Hall–Kier alpha value is -2.49. The first kappa shape index (κ1) is 16.4. The van der Waals surface area contributed by atoms with Gasteiger partial charge in [-0.25, -0.2) is 4.79 Å². The Labute approximate surface area is 143 Å². The van der Waals surface area contributed by atoms with Crippen LogP contribution < -0.4 is 16.0 Å². The summed E-state index contributed by atoms with van der Waals surface area (Å²) in [6.07, 6.45) is 2.05. The van der Waals surface area contributed by atoms with Crippen LogP contribution in [0.25, 0.3) is 0 Å². The summed E-state index contributed by atoms with van der Waals surface area (Å²) < 4.78 is 0. The zero-order valence-corrected chi connectivity index (χ0v) is 14.5. The third-order valence-corrected chi connectivity index (χ3v) is 4.09. The minimum absolute atomic E-state index is 0.173. The van der Waals surface area contributed by atoms with Crippen LogP contribution in [0.15, 0.2) is 48.5 Å². The van der Waals surface area contributed by atoms with Crippen LogP contribution in [0.2, 0.25) is 0 Å². The number of fused-ring (bicyclic) bond motifs is 1. The van der Waals surface area contributed by atoms with Crippen molar-refractivity contribution < 1.29 is 4.79 Å². The molecule has 2 aromatic rings. The number of benzene rings is 2. The molecule has 1 heterocycles. The van der Waals surface area contributed by atoms with E-state index >= 15 is 0 Å². The van der Waals surface area contributed by atoms with E-state index in [0.29, 0.717) is 6.04 Å². The van der Waals surface area contributed by atoms with Crippen molar-refractivity contribution in [1.29, 1.82) is 0 Å². The van der Waals surface area contributed by atoms with Gasteiger partial charge in [0.15, 0.2) is 0 Å². The Morgan fingerprint density at radius 1 is 1.12 bits per heavy atom. The zero-order chi connectivity index (χ0) is 17.2. The molecule has 1 atom stereocenters. The van der Waals surface area contributed by atoms with Gasteiger partial charge in [-0.15, -0.1) is 0 Å². The second kappa shape index (κ2) is 6.56. The molecule has 2 amide bonds. The Kier molecular flexibility index (Phi) is 4.47. The third-order valence-electron chi connectivity index (χ3n) is 4.09. The highest BCUT2D eigenvalue weighted by molar-refractivity contribution is 5.90. The molecule has 1 aliphatic rings. The quantitative estimate of drug-likeness (QED) is 0.750. The summed E-state index contributed by atoms with van der Waals surface area (Å²) in [7, 11) is 0. The first-order valence-corrected chi connectivity index (χ1v) is 8.44. The van der Waals surface area contributed by atoms with Crippen LogP contribution in [0.5, 0.6) is 0 Å². The summed E-state index contributed by atoms with van der Waals surface area (Å²) in [6, 6.07) is 16.8. The van der Waals surface area contributed by atoms with Crippen molar-refractivity contribution >= 4 is 17.4 Å². The highest BCUT2D eigenvalue weighted by Gasteiger charge is 2.20. The van der Waals surface area contributed by atoms with E-state index in [2.05, 4.69) is 52.3 Å². The first-order chi connectivity index (χ1) is 11.4. The van der Waals surface area contributed by atoms with Gasteiger partial charge >= 0.3 is 6.03 Å². The van der Waals surface area contributed by atoms with Crippen LogP contribution in [0.3, 0.4) is 0 Å². The summed E-state index contributed by atoms with van der Waals surface area (Å²) in [4.78, 5) is 12.0. The molecular weight excluding hydrogens is 298 g/mol. The monoisotopic (exact) mass is 323 g/mol. The van der Waals surface area contributed by atoms with Crippen molar-refractivity contribution in [3.8, 4) is 0 Å². The van der Waals surface area contributed by atoms with Crippen molar-refractivity contribution in [1.82, 2.24) is 5.32 Å². The topological polar surface area (TPSA) is 53.2 Å². The van der Waals surface area contributed by atoms with E-state index in [4.69, 9.17) is 0 Å². The molecule has 2 aromatic carbocycles. The van der Waals surface area contributed by atoms with Gasteiger partial charge in [-0.1, -0.05) is 30.3 Å². The fraction of sp³-hybridized carbons (Fsp3) is 0.350. The van der Waals surface area contributed by atoms with Crippen LogP contribution in [0.1, 0.15) is 44.4 Å². The number of urea groups is 1. The second-order valence-corrected chi connectivity index (χ2v) is 7.35. The minimum atomic E-state index is -0.247. The van der Waals surface area contributed by atoms with E-state index in [1.807, 2.05) is 32.9 Å². The van der Waals surface area contributed by atoms with Crippen LogP contribution in [-0.2, 0) is 6.42 Å². The molecule has 4 heteroatoms. The number of anilines is 2. The highest BCUT2D eigenvalue weighted by Crippen LogP contribution is 2.33. The highest BCUT2D eigenvalue weighted by atomic mass is 16.2. The number of rotatable bonds is 2. The van der Waals surface area contributed by atoms with Gasteiger partial charge in [0.25, 0.3) is 0 Å². The van der Waals surface area contributed by atoms with Gasteiger partial charge in [-0.2, -0.15) is 0 Å². The van der Waals surface area contributed by atoms with Crippen LogP contribution in [0.4, 0.5) is 16.2 Å². The summed E-state index contributed by atoms with van der Waals surface area (Å²) in [6.45, 7) is 5.90. The summed E-state index contributed by atoms with van der Waals surface area (Å²) in [5, 5.41) is 9.43. The molecule has 3 rings (SSSR count). The predicted octanol–water partition coefficient (Wildman–Crippen LogP) is 4.71. The zero-order valence-electron chi connectivity index (χ0n) is 14.5. The lowest BCUT2D eigenvalue weighted by molar-refractivity contribution is 0.244. The van der Waals surface area contributed by atoms with Crippen LogP contribution in [-0.4, -0.2) is 11.6 Å². The van der Waals surface area contributed by atoms with E-state index in [1.54, 1.807) is 0 Å².